The summed E-state index contributed by atoms with van der Waals surface area (Å²) in [5.41, 5.74) is 3.18. The van der Waals surface area contributed by atoms with Crippen molar-refractivity contribution in [2.75, 3.05) is 12.4 Å². The molecule has 0 fully saturated rings. The standard InChI is InChI=1S/C16H16FNO2/c1-10-4-6-13(8-11(10)2)18-16(19)12-5-7-15(20-3)14(17)9-12/h4-9H,1-3H3,(H,18,19). The Labute approximate surface area is 117 Å². The molecule has 0 atom stereocenters. The van der Waals surface area contributed by atoms with Crippen LogP contribution in [0.4, 0.5) is 10.1 Å². The van der Waals surface area contributed by atoms with Crippen molar-refractivity contribution >= 4 is 11.6 Å². The molecular weight excluding hydrogens is 257 g/mol. The van der Waals surface area contributed by atoms with Crippen molar-refractivity contribution in [3.05, 3.63) is 58.9 Å². The van der Waals surface area contributed by atoms with Gasteiger partial charge >= 0.3 is 0 Å². The Morgan fingerprint density at radius 3 is 2.45 bits per heavy atom. The van der Waals surface area contributed by atoms with E-state index < -0.39 is 5.82 Å². The molecule has 104 valence electrons. The number of benzene rings is 2. The minimum Gasteiger partial charge on any atom is -0.494 e. The molecule has 2 rings (SSSR count). The number of amides is 1. The number of methoxy groups -OCH3 is 1. The summed E-state index contributed by atoms with van der Waals surface area (Å²) in [7, 11) is 1.38. The largest absolute Gasteiger partial charge is 0.494 e. The first-order valence-corrected chi connectivity index (χ1v) is 6.23. The number of aryl methyl sites for hydroxylation is 2. The first-order valence-electron chi connectivity index (χ1n) is 6.23. The molecule has 0 bridgehead atoms. The fourth-order valence-corrected chi connectivity index (χ4v) is 1.83. The fourth-order valence-electron chi connectivity index (χ4n) is 1.83. The Bertz CT molecular complexity index is 653. The zero-order valence-electron chi connectivity index (χ0n) is 11.7. The van der Waals surface area contributed by atoms with Crippen molar-refractivity contribution in [2.45, 2.75) is 13.8 Å². The molecule has 4 heteroatoms. The van der Waals surface area contributed by atoms with Crippen molar-refractivity contribution in [3.63, 3.8) is 0 Å². The van der Waals surface area contributed by atoms with E-state index in [0.717, 1.165) is 17.2 Å². The van der Waals surface area contributed by atoms with Gasteiger partial charge in [0, 0.05) is 11.3 Å². The number of ether oxygens (including phenoxy) is 1. The number of halogens is 1. The van der Waals surface area contributed by atoms with E-state index in [1.807, 2.05) is 32.0 Å². The topological polar surface area (TPSA) is 38.3 Å². The second-order valence-corrected chi connectivity index (χ2v) is 4.60. The molecule has 0 unspecified atom stereocenters. The van der Waals surface area contributed by atoms with E-state index in [1.165, 1.54) is 19.2 Å². The maximum Gasteiger partial charge on any atom is 0.255 e. The Morgan fingerprint density at radius 2 is 1.85 bits per heavy atom. The summed E-state index contributed by atoms with van der Waals surface area (Å²) >= 11 is 0. The molecule has 2 aromatic carbocycles. The molecule has 0 aromatic heterocycles. The van der Waals surface area contributed by atoms with Gasteiger partial charge in [-0.15, -0.1) is 0 Å². The Hall–Kier alpha value is -2.36. The average molecular weight is 273 g/mol. The summed E-state index contributed by atoms with van der Waals surface area (Å²) in [5, 5.41) is 2.74. The lowest BCUT2D eigenvalue weighted by molar-refractivity contribution is 0.102. The van der Waals surface area contributed by atoms with E-state index >= 15 is 0 Å². The van der Waals surface area contributed by atoms with E-state index in [2.05, 4.69) is 5.32 Å². The van der Waals surface area contributed by atoms with Gasteiger partial charge in [-0.3, -0.25) is 4.79 Å². The van der Waals surface area contributed by atoms with Crippen molar-refractivity contribution in [2.24, 2.45) is 0 Å². The van der Waals surface area contributed by atoms with Crippen molar-refractivity contribution < 1.29 is 13.9 Å². The summed E-state index contributed by atoms with van der Waals surface area (Å²) < 4.78 is 18.4. The number of rotatable bonds is 3. The quantitative estimate of drug-likeness (QED) is 0.926. The summed E-state index contributed by atoms with van der Waals surface area (Å²) in [6.45, 7) is 3.97. The number of anilines is 1. The minimum absolute atomic E-state index is 0.118. The van der Waals surface area contributed by atoms with Gasteiger partial charge < -0.3 is 10.1 Å². The predicted molar refractivity (Wildman–Crippen MR) is 76.8 cm³/mol. The lowest BCUT2D eigenvalue weighted by Crippen LogP contribution is -2.12. The fraction of sp³-hybridized carbons (Fsp3) is 0.188. The SMILES string of the molecule is COc1ccc(C(=O)Nc2ccc(C)c(C)c2)cc1F. The van der Waals surface area contributed by atoms with Gasteiger partial charge in [0.05, 0.1) is 7.11 Å². The zero-order valence-corrected chi connectivity index (χ0v) is 11.7. The zero-order chi connectivity index (χ0) is 14.7. The van der Waals surface area contributed by atoms with Crippen molar-refractivity contribution in [3.8, 4) is 5.75 Å². The van der Waals surface area contributed by atoms with E-state index in [0.29, 0.717) is 5.69 Å². The van der Waals surface area contributed by atoms with Crippen LogP contribution >= 0.6 is 0 Å². The third-order valence-corrected chi connectivity index (χ3v) is 3.18. The van der Waals surface area contributed by atoms with Crippen LogP contribution in [0.15, 0.2) is 36.4 Å². The van der Waals surface area contributed by atoms with E-state index in [1.54, 1.807) is 0 Å². The maximum absolute atomic E-state index is 13.6. The molecule has 0 aliphatic rings. The summed E-state index contributed by atoms with van der Waals surface area (Å²) in [5.74, 6) is -0.789. The number of carbonyl (C=O) groups is 1. The third-order valence-electron chi connectivity index (χ3n) is 3.18. The van der Waals surface area contributed by atoms with Crippen molar-refractivity contribution in [1.29, 1.82) is 0 Å². The van der Waals surface area contributed by atoms with Gasteiger partial charge in [0.15, 0.2) is 11.6 Å². The van der Waals surface area contributed by atoms with Crippen LogP contribution in [0.3, 0.4) is 0 Å². The second-order valence-electron chi connectivity index (χ2n) is 4.60. The van der Waals surface area contributed by atoms with Crippen LogP contribution in [0.5, 0.6) is 5.75 Å². The molecule has 1 N–H and O–H groups in total. The third kappa shape index (κ3) is 2.96. The molecule has 0 heterocycles. The second kappa shape index (κ2) is 5.74. The molecule has 0 aliphatic carbocycles. The first kappa shape index (κ1) is 14.1. The number of nitrogens with one attached hydrogen (secondary N) is 1. The monoisotopic (exact) mass is 273 g/mol. The summed E-state index contributed by atoms with van der Waals surface area (Å²) in [6.07, 6.45) is 0. The highest BCUT2D eigenvalue weighted by molar-refractivity contribution is 6.04. The molecule has 0 saturated heterocycles. The molecule has 0 aliphatic heterocycles. The van der Waals surface area contributed by atoms with Crippen LogP contribution in [-0.2, 0) is 0 Å². The number of hydrogen-bond acceptors (Lipinski definition) is 2. The highest BCUT2D eigenvalue weighted by Crippen LogP contribution is 2.19. The Kier molecular flexibility index (Phi) is 4.03. The van der Waals surface area contributed by atoms with Gasteiger partial charge in [-0.2, -0.15) is 0 Å². The highest BCUT2D eigenvalue weighted by atomic mass is 19.1. The van der Waals surface area contributed by atoms with Gasteiger partial charge in [0.2, 0.25) is 0 Å². The van der Waals surface area contributed by atoms with Gasteiger partial charge in [-0.05, 0) is 55.3 Å². The van der Waals surface area contributed by atoms with Gasteiger partial charge in [0.25, 0.3) is 5.91 Å². The van der Waals surface area contributed by atoms with Crippen LogP contribution in [-0.4, -0.2) is 13.0 Å². The molecule has 0 radical (unpaired) electrons. The maximum atomic E-state index is 13.6. The Morgan fingerprint density at radius 1 is 1.10 bits per heavy atom. The van der Waals surface area contributed by atoms with Crippen LogP contribution in [0.2, 0.25) is 0 Å². The van der Waals surface area contributed by atoms with Gasteiger partial charge in [-0.1, -0.05) is 6.07 Å². The van der Waals surface area contributed by atoms with E-state index in [9.17, 15) is 9.18 Å². The van der Waals surface area contributed by atoms with Crippen LogP contribution in [0.1, 0.15) is 21.5 Å². The lowest BCUT2D eigenvalue weighted by atomic mass is 10.1. The van der Waals surface area contributed by atoms with Crippen molar-refractivity contribution in [1.82, 2.24) is 0 Å². The molecule has 20 heavy (non-hydrogen) atoms. The van der Waals surface area contributed by atoms with E-state index in [4.69, 9.17) is 4.74 Å². The minimum atomic E-state index is -0.555. The molecule has 0 spiro atoms. The van der Waals surface area contributed by atoms with Gasteiger partial charge in [0.1, 0.15) is 0 Å². The van der Waals surface area contributed by atoms with Crippen LogP contribution < -0.4 is 10.1 Å². The number of carbonyl (C=O) groups excluding carboxylic acids is 1. The molecule has 1 amide bonds. The average Bonchev–Trinajstić information content (AvgIpc) is 2.42. The normalized spacial score (nSPS) is 10.2. The summed E-state index contributed by atoms with van der Waals surface area (Å²) in [6, 6.07) is 9.75. The van der Waals surface area contributed by atoms with Crippen LogP contribution in [0.25, 0.3) is 0 Å². The highest BCUT2D eigenvalue weighted by Gasteiger charge is 2.10. The molecule has 0 saturated carbocycles. The first-order chi connectivity index (χ1) is 9.51. The predicted octanol–water partition coefficient (Wildman–Crippen LogP) is 3.70. The summed E-state index contributed by atoms with van der Waals surface area (Å²) in [4.78, 5) is 12.0. The molecule has 3 nitrogen and oxygen atoms in total. The molecule has 2 aromatic rings. The van der Waals surface area contributed by atoms with Gasteiger partial charge in [-0.25, -0.2) is 4.39 Å². The lowest BCUT2D eigenvalue weighted by Gasteiger charge is -2.08. The Balaban J connectivity index is 2.19. The number of hydrogen-bond donors (Lipinski definition) is 1. The molecular formula is C16H16FNO2. The van der Waals surface area contributed by atoms with Crippen LogP contribution in [0, 0.1) is 19.7 Å². The van der Waals surface area contributed by atoms with E-state index in [-0.39, 0.29) is 17.2 Å². The smallest absolute Gasteiger partial charge is 0.255 e.